The maximum Gasteiger partial charge on any atom is 0.410 e. The fourth-order valence-electron chi connectivity index (χ4n) is 3.09. The van der Waals surface area contributed by atoms with Crippen molar-refractivity contribution >= 4 is 6.09 Å². The predicted octanol–water partition coefficient (Wildman–Crippen LogP) is 2.24. The van der Waals surface area contributed by atoms with Gasteiger partial charge in [-0.25, -0.2) is 4.79 Å². The van der Waals surface area contributed by atoms with E-state index in [0.717, 1.165) is 23.3 Å². The van der Waals surface area contributed by atoms with Crippen LogP contribution >= 0.6 is 0 Å². The van der Waals surface area contributed by atoms with Gasteiger partial charge < -0.3 is 24.8 Å². The topological polar surface area (TPSA) is 71.0 Å². The monoisotopic (exact) mass is 336 g/mol. The standard InChI is InChI=1S/C18H28N2O4/c1-4-23-17-11-16-13(3)20(18(22)24-5-2)8-6-14(16)10-15(17)12-19-7-9-21/h10-11,13,19,21H,4-9,12H2,1-3H3. The summed E-state index contributed by atoms with van der Waals surface area (Å²) in [5.74, 6) is 0.833. The number of aliphatic hydroxyl groups is 1. The highest BCUT2D eigenvalue weighted by atomic mass is 16.6. The molecule has 1 unspecified atom stereocenters. The summed E-state index contributed by atoms with van der Waals surface area (Å²) in [5.41, 5.74) is 3.44. The number of benzene rings is 1. The highest BCUT2D eigenvalue weighted by Crippen LogP contribution is 2.35. The third-order valence-corrected chi connectivity index (χ3v) is 4.27. The lowest BCUT2D eigenvalue weighted by atomic mass is 9.91. The van der Waals surface area contributed by atoms with Crippen LogP contribution in [0, 0.1) is 0 Å². The van der Waals surface area contributed by atoms with E-state index in [9.17, 15) is 4.79 Å². The summed E-state index contributed by atoms with van der Waals surface area (Å²) in [6.45, 7) is 8.74. The number of rotatable bonds is 7. The van der Waals surface area contributed by atoms with Crippen molar-refractivity contribution in [3.63, 3.8) is 0 Å². The molecule has 1 aromatic carbocycles. The van der Waals surface area contributed by atoms with Crippen LogP contribution in [0.1, 0.15) is 43.5 Å². The van der Waals surface area contributed by atoms with Crippen LogP contribution < -0.4 is 10.1 Å². The van der Waals surface area contributed by atoms with E-state index < -0.39 is 0 Å². The van der Waals surface area contributed by atoms with Crippen molar-refractivity contribution in [1.29, 1.82) is 0 Å². The summed E-state index contributed by atoms with van der Waals surface area (Å²) in [6, 6.07) is 4.17. The second-order valence-corrected chi connectivity index (χ2v) is 5.81. The van der Waals surface area contributed by atoms with Crippen molar-refractivity contribution < 1.29 is 19.4 Å². The molecule has 0 aliphatic carbocycles. The molecule has 0 fully saturated rings. The highest BCUT2D eigenvalue weighted by molar-refractivity contribution is 5.69. The van der Waals surface area contributed by atoms with E-state index in [1.165, 1.54) is 5.56 Å². The van der Waals surface area contributed by atoms with Crippen LogP contribution in [-0.2, 0) is 17.7 Å². The average molecular weight is 336 g/mol. The Morgan fingerprint density at radius 3 is 2.83 bits per heavy atom. The molecule has 1 amide bonds. The van der Waals surface area contributed by atoms with Crippen molar-refractivity contribution in [2.45, 2.75) is 39.8 Å². The van der Waals surface area contributed by atoms with Crippen LogP contribution in [0.25, 0.3) is 0 Å². The Balaban J connectivity index is 2.26. The van der Waals surface area contributed by atoms with Gasteiger partial charge in [0.15, 0.2) is 0 Å². The van der Waals surface area contributed by atoms with Gasteiger partial charge in [-0.2, -0.15) is 0 Å². The Bertz CT molecular complexity index is 562. The van der Waals surface area contributed by atoms with Crippen LogP contribution in [0.5, 0.6) is 5.75 Å². The van der Waals surface area contributed by atoms with Gasteiger partial charge in [-0.3, -0.25) is 0 Å². The average Bonchev–Trinajstić information content (AvgIpc) is 2.56. The zero-order valence-electron chi connectivity index (χ0n) is 14.8. The number of nitrogens with zero attached hydrogens (tertiary/aromatic N) is 1. The Hall–Kier alpha value is -1.79. The fraction of sp³-hybridized carbons (Fsp3) is 0.611. The number of amides is 1. The normalized spacial score (nSPS) is 16.7. The molecule has 0 radical (unpaired) electrons. The molecule has 0 saturated heterocycles. The smallest absolute Gasteiger partial charge is 0.410 e. The third-order valence-electron chi connectivity index (χ3n) is 4.27. The van der Waals surface area contributed by atoms with E-state index in [4.69, 9.17) is 14.6 Å². The van der Waals surface area contributed by atoms with Gasteiger partial charge in [-0.15, -0.1) is 0 Å². The molecule has 1 aliphatic rings. The summed E-state index contributed by atoms with van der Waals surface area (Å²) >= 11 is 0. The lowest BCUT2D eigenvalue weighted by Gasteiger charge is -2.35. The van der Waals surface area contributed by atoms with Crippen LogP contribution in [-0.4, -0.2) is 49.0 Å². The molecule has 6 heteroatoms. The summed E-state index contributed by atoms with van der Waals surface area (Å²) in [6.07, 6.45) is 0.542. The number of hydrogen-bond acceptors (Lipinski definition) is 5. The SMILES string of the molecule is CCOC(=O)N1CCc2cc(CNCCO)c(OCC)cc2C1C. The van der Waals surface area contributed by atoms with E-state index in [1.54, 1.807) is 4.90 Å². The zero-order valence-corrected chi connectivity index (χ0v) is 14.8. The second-order valence-electron chi connectivity index (χ2n) is 5.81. The number of fused-ring (bicyclic) bond motifs is 1. The zero-order chi connectivity index (χ0) is 17.5. The molecular formula is C18H28N2O4. The molecular weight excluding hydrogens is 308 g/mol. The summed E-state index contributed by atoms with van der Waals surface area (Å²) in [4.78, 5) is 13.9. The van der Waals surface area contributed by atoms with Gasteiger partial charge in [0.05, 0.1) is 25.9 Å². The molecule has 0 bridgehead atoms. The van der Waals surface area contributed by atoms with Crippen LogP contribution in [0.2, 0.25) is 0 Å². The molecule has 24 heavy (non-hydrogen) atoms. The Morgan fingerprint density at radius 1 is 1.38 bits per heavy atom. The van der Waals surface area contributed by atoms with E-state index in [2.05, 4.69) is 11.4 Å². The minimum Gasteiger partial charge on any atom is -0.494 e. The molecule has 134 valence electrons. The number of aliphatic hydroxyl groups excluding tert-OH is 1. The van der Waals surface area contributed by atoms with E-state index in [-0.39, 0.29) is 18.7 Å². The Labute approximate surface area is 143 Å². The van der Waals surface area contributed by atoms with Crippen molar-refractivity contribution in [2.24, 2.45) is 0 Å². The number of carbonyl (C=O) groups excluding carboxylic acids is 1. The van der Waals surface area contributed by atoms with E-state index in [0.29, 0.717) is 32.8 Å². The van der Waals surface area contributed by atoms with Crippen molar-refractivity contribution in [1.82, 2.24) is 10.2 Å². The maximum absolute atomic E-state index is 12.1. The van der Waals surface area contributed by atoms with Gasteiger partial charge in [0, 0.05) is 25.2 Å². The Kier molecular flexibility index (Phi) is 6.87. The molecule has 0 aromatic heterocycles. The molecule has 0 spiro atoms. The third kappa shape index (κ3) is 4.19. The molecule has 1 aliphatic heterocycles. The minimum atomic E-state index is -0.262. The van der Waals surface area contributed by atoms with Gasteiger partial charge in [-0.05, 0) is 44.4 Å². The summed E-state index contributed by atoms with van der Waals surface area (Å²) < 4.78 is 10.9. The van der Waals surface area contributed by atoms with Gasteiger partial charge in [0.1, 0.15) is 5.75 Å². The summed E-state index contributed by atoms with van der Waals surface area (Å²) in [5, 5.41) is 12.1. The number of nitrogens with one attached hydrogen (secondary N) is 1. The molecule has 1 atom stereocenters. The summed E-state index contributed by atoms with van der Waals surface area (Å²) in [7, 11) is 0. The fourth-order valence-corrected chi connectivity index (χ4v) is 3.09. The second kappa shape index (κ2) is 8.89. The number of hydrogen-bond donors (Lipinski definition) is 2. The largest absolute Gasteiger partial charge is 0.494 e. The minimum absolute atomic E-state index is 0.0357. The molecule has 6 nitrogen and oxygen atoms in total. The van der Waals surface area contributed by atoms with Crippen LogP contribution in [0.15, 0.2) is 12.1 Å². The first-order chi connectivity index (χ1) is 11.6. The predicted molar refractivity (Wildman–Crippen MR) is 92.3 cm³/mol. The van der Waals surface area contributed by atoms with Gasteiger partial charge >= 0.3 is 6.09 Å². The van der Waals surface area contributed by atoms with Crippen LogP contribution in [0.3, 0.4) is 0 Å². The first-order valence-corrected chi connectivity index (χ1v) is 8.65. The van der Waals surface area contributed by atoms with E-state index >= 15 is 0 Å². The quantitative estimate of drug-likeness (QED) is 0.747. The Morgan fingerprint density at radius 2 is 2.17 bits per heavy atom. The highest BCUT2D eigenvalue weighted by Gasteiger charge is 2.29. The molecule has 0 saturated carbocycles. The lowest BCUT2D eigenvalue weighted by Crippen LogP contribution is -2.39. The molecule has 2 rings (SSSR count). The van der Waals surface area contributed by atoms with E-state index in [1.807, 2.05) is 26.8 Å². The van der Waals surface area contributed by atoms with Gasteiger partial charge in [0.25, 0.3) is 0 Å². The molecule has 2 N–H and O–H groups in total. The van der Waals surface area contributed by atoms with Crippen molar-refractivity contribution in [2.75, 3.05) is 32.9 Å². The van der Waals surface area contributed by atoms with Crippen molar-refractivity contribution in [3.05, 3.63) is 28.8 Å². The van der Waals surface area contributed by atoms with Crippen LogP contribution in [0.4, 0.5) is 4.79 Å². The molecule has 1 aromatic rings. The van der Waals surface area contributed by atoms with Crippen molar-refractivity contribution in [3.8, 4) is 5.75 Å². The first-order valence-electron chi connectivity index (χ1n) is 8.65. The lowest BCUT2D eigenvalue weighted by molar-refractivity contribution is 0.0900. The van der Waals surface area contributed by atoms with Gasteiger partial charge in [0.2, 0.25) is 0 Å². The van der Waals surface area contributed by atoms with Gasteiger partial charge in [-0.1, -0.05) is 6.07 Å². The number of ether oxygens (including phenoxy) is 2. The maximum atomic E-state index is 12.1. The molecule has 1 heterocycles. The first kappa shape index (κ1) is 18.5. The number of carbonyl (C=O) groups is 1.